The minimum absolute atomic E-state index is 0.0682. The van der Waals surface area contributed by atoms with E-state index in [9.17, 15) is 17.6 Å². The van der Waals surface area contributed by atoms with Gasteiger partial charge in [0.1, 0.15) is 5.82 Å². The van der Waals surface area contributed by atoms with E-state index in [4.69, 9.17) is 11.6 Å². The lowest BCUT2D eigenvalue weighted by atomic mass is 10.1. The van der Waals surface area contributed by atoms with Crippen LogP contribution in [0.25, 0.3) is 0 Å². The summed E-state index contributed by atoms with van der Waals surface area (Å²) in [6.07, 6.45) is 0. The molecule has 31 heavy (non-hydrogen) atoms. The maximum Gasteiger partial charge on any atom is 0.264 e. The number of hydrogen-bond donors (Lipinski definition) is 0. The number of sulfonamides is 1. The summed E-state index contributed by atoms with van der Waals surface area (Å²) in [5.41, 5.74) is 3.03. The van der Waals surface area contributed by atoms with Crippen LogP contribution in [0.5, 0.6) is 0 Å². The van der Waals surface area contributed by atoms with Crippen LogP contribution >= 0.6 is 11.6 Å². The van der Waals surface area contributed by atoms with Gasteiger partial charge in [-0.2, -0.15) is 0 Å². The van der Waals surface area contributed by atoms with Crippen LogP contribution in [0, 0.1) is 19.7 Å². The molecule has 0 fully saturated rings. The Kier molecular flexibility index (Phi) is 6.38. The monoisotopic (exact) mass is 460 g/mol. The Morgan fingerprint density at radius 1 is 0.968 bits per heavy atom. The number of rotatable bonds is 5. The van der Waals surface area contributed by atoms with Gasteiger partial charge < -0.3 is 4.90 Å². The van der Waals surface area contributed by atoms with Crippen LogP contribution in [0.15, 0.2) is 65.6 Å². The molecule has 0 aliphatic carbocycles. The summed E-state index contributed by atoms with van der Waals surface area (Å²) in [6.45, 7) is 3.86. The smallest absolute Gasteiger partial charge is 0.264 e. The number of carbonyl (C=O) groups is 1. The molecule has 0 heterocycles. The lowest BCUT2D eigenvalue weighted by Crippen LogP contribution is -2.29. The zero-order valence-corrected chi connectivity index (χ0v) is 19.1. The first-order valence-corrected chi connectivity index (χ1v) is 11.2. The Morgan fingerprint density at radius 2 is 1.61 bits per heavy atom. The summed E-state index contributed by atoms with van der Waals surface area (Å²) >= 11 is 6.26. The van der Waals surface area contributed by atoms with E-state index in [-0.39, 0.29) is 21.2 Å². The maximum absolute atomic E-state index is 13.2. The Hall–Kier alpha value is -2.90. The zero-order chi connectivity index (χ0) is 22.9. The van der Waals surface area contributed by atoms with Gasteiger partial charge in [0.2, 0.25) is 0 Å². The molecule has 162 valence electrons. The molecule has 1 amide bonds. The molecule has 0 aliphatic rings. The second-order valence-corrected chi connectivity index (χ2v) is 9.55. The van der Waals surface area contributed by atoms with E-state index in [1.54, 1.807) is 7.05 Å². The zero-order valence-electron chi connectivity index (χ0n) is 17.6. The van der Waals surface area contributed by atoms with Crippen LogP contribution in [0.1, 0.15) is 21.5 Å². The van der Waals surface area contributed by atoms with Crippen LogP contribution in [-0.4, -0.2) is 28.4 Å². The second kappa shape index (κ2) is 8.69. The summed E-state index contributed by atoms with van der Waals surface area (Å²) < 4.78 is 40.4. The van der Waals surface area contributed by atoms with E-state index in [2.05, 4.69) is 0 Å². The average molecular weight is 461 g/mol. The lowest BCUT2D eigenvalue weighted by molar-refractivity contribution is 0.0993. The van der Waals surface area contributed by atoms with Crippen molar-refractivity contribution in [2.24, 2.45) is 0 Å². The number of carbonyl (C=O) groups excluding carboxylic acids is 1. The van der Waals surface area contributed by atoms with Gasteiger partial charge >= 0.3 is 0 Å². The fourth-order valence-electron chi connectivity index (χ4n) is 3.17. The molecule has 3 aromatic carbocycles. The summed E-state index contributed by atoms with van der Waals surface area (Å²) in [5, 5.41) is 0.144. The van der Waals surface area contributed by atoms with Gasteiger partial charge in [-0.1, -0.05) is 23.7 Å². The van der Waals surface area contributed by atoms with Gasteiger partial charge in [-0.3, -0.25) is 9.10 Å². The average Bonchev–Trinajstić information content (AvgIpc) is 2.75. The summed E-state index contributed by atoms with van der Waals surface area (Å²) in [4.78, 5) is 14.5. The maximum atomic E-state index is 13.2. The first kappa shape index (κ1) is 22.8. The van der Waals surface area contributed by atoms with Crippen molar-refractivity contribution in [2.45, 2.75) is 18.7 Å². The molecular weight excluding hydrogens is 439 g/mol. The number of amides is 1. The Balaban J connectivity index is 2.00. The summed E-state index contributed by atoms with van der Waals surface area (Å²) in [5.74, 6) is -0.899. The number of hydrogen-bond acceptors (Lipinski definition) is 3. The lowest BCUT2D eigenvalue weighted by Gasteiger charge is -2.23. The number of halogens is 2. The van der Waals surface area contributed by atoms with Gasteiger partial charge in [-0.05, 0) is 73.5 Å². The highest BCUT2D eigenvalue weighted by atomic mass is 35.5. The number of anilines is 2. The molecule has 8 heteroatoms. The largest absolute Gasteiger partial charge is 0.311 e. The highest BCUT2D eigenvalue weighted by Gasteiger charge is 2.25. The van der Waals surface area contributed by atoms with Crippen molar-refractivity contribution < 1.29 is 17.6 Å². The van der Waals surface area contributed by atoms with Crippen LogP contribution in [-0.2, 0) is 10.0 Å². The van der Waals surface area contributed by atoms with E-state index < -0.39 is 21.7 Å². The molecule has 0 atom stereocenters. The molecule has 5 nitrogen and oxygen atoms in total. The van der Waals surface area contributed by atoms with Gasteiger partial charge in [-0.15, -0.1) is 0 Å². The molecule has 0 aliphatic heterocycles. The van der Waals surface area contributed by atoms with E-state index >= 15 is 0 Å². The Bertz CT molecular complexity index is 1240. The molecule has 0 aromatic heterocycles. The van der Waals surface area contributed by atoms with Crippen molar-refractivity contribution >= 4 is 38.9 Å². The summed E-state index contributed by atoms with van der Waals surface area (Å²) in [6, 6.07) is 14.7. The topological polar surface area (TPSA) is 57.7 Å². The van der Waals surface area contributed by atoms with Crippen molar-refractivity contribution in [1.29, 1.82) is 0 Å². The van der Waals surface area contributed by atoms with Crippen molar-refractivity contribution in [1.82, 2.24) is 0 Å². The molecule has 0 radical (unpaired) electrons. The predicted molar refractivity (Wildman–Crippen MR) is 122 cm³/mol. The normalized spacial score (nSPS) is 11.3. The minimum atomic E-state index is -4.00. The van der Waals surface area contributed by atoms with E-state index in [1.807, 2.05) is 32.0 Å². The second-order valence-electron chi connectivity index (χ2n) is 7.17. The third-order valence-electron chi connectivity index (χ3n) is 5.26. The number of nitrogens with zero attached hydrogens (tertiary/aromatic N) is 2. The standard InChI is InChI=1S/C23H22ClFN2O3S/c1-15-6-5-7-22(16(15)2)26(3)23(28)20-14-19(12-13-21(20)24)31(29,30)27(4)18-10-8-17(25)9-11-18/h5-14H,1-4H3. The van der Waals surface area contributed by atoms with Crippen molar-refractivity contribution in [3.05, 3.63) is 88.2 Å². The molecule has 3 aromatic rings. The van der Waals surface area contributed by atoms with Crippen molar-refractivity contribution in [3.63, 3.8) is 0 Å². The van der Waals surface area contributed by atoms with Crippen LogP contribution in [0.3, 0.4) is 0 Å². The Labute approximate surface area is 186 Å². The van der Waals surface area contributed by atoms with Gasteiger partial charge in [0.25, 0.3) is 15.9 Å². The van der Waals surface area contributed by atoms with Crippen molar-refractivity contribution in [3.8, 4) is 0 Å². The van der Waals surface area contributed by atoms with Gasteiger partial charge in [0, 0.05) is 19.8 Å². The molecule has 3 rings (SSSR count). The first-order valence-electron chi connectivity index (χ1n) is 9.42. The molecule has 0 saturated carbocycles. The third-order valence-corrected chi connectivity index (χ3v) is 7.37. The highest BCUT2D eigenvalue weighted by Crippen LogP contribution is 2.29. The first-order chi connectivity index (χ1) is 14.5. The minimum Gasteiger partial charge on any atom is -0.311 e. The Morgan fingerprint density at radius 3 is 2.26 bits per heavy atom. The molecule has 0 N–H and O–H groups in total. The third kappa shape index (κ3) is 4.43. The van der Waals surface area contributed by atoms with Gasteiger partial charge in [0.05, 0.1) is 21.2 Å². The number of benzene rings is 3. The van der Waals surface area contributed by atoms with Gasteiger partial charge in [-0.25, -0.2) is 12.8 Å². The van der Waals surface area contributed by atoms with Gasteiger partial charge in [0.15, 0.2) is 0 Å². The fraction of sp³-hybridized carbons (Fsp3) is 0.174. The van der Waals surface area contributed by atoms with Crippen LogP contribution in [0.2, 0.25) is 5.02 Å². The quantitative estimate of drug-likeness (QED) is 0.526. The van der Waals surface area contributed by atoms with E-state index in [1.165, 1.54) is 54.4 Å². The molecule has 0 saturated heterocycles. The SMILES string of the molecule is Cc1cccc(N(C)C(=O)c2cc(S(=O)(=O)N(C)c3ccc(F)cc3)ccc2Cl)c1C. The molecule has 0 unspecified atom stereocenters. The molecule has 0 bridgehead atoms. The van der Waals surface area contributed by atoms with E-state index in [0.29, 0.717) is 5.69 Å². The summed E-state index contributed by atoms with van der Waals surface area (Å²) in [7, 11) is -1.02. The van der Waals surface area contributed by atoms with E-state index in [0.717, 1.165) is 15.4 Å². The molecule has 0 spiro atoms. The van der Waals surface area contributed by atoms with Crippen LogP contribution in [0.4, 0.5) is 15.8 Å². The predicted octanol–water partition coefficient (Wildman–Crippen LogP) is 5.20. The highest BCUT2D eigenvalue weighted by molar-refractivity contribution is 7.92. The van der Waals surface area contributed by atoms with Crippen LogP contribution < -0.4 is 9.21 Å². The number of aryl methyl sites for hydroxylation is 1. The molecular formula is C23H22ClFN2O3S. The fourth-order valence-corrected chi connectivity index (χ4v) is 4.59. The van der Waals surface area contributed by atoms with Crippen molar-refractivity contribution in [2.75, 3.05) is 23.3 Å².